The summed E-state index contributed by atoms with van der Waals surface area (Å²) in [6, 6.07) is 2.12. The maximum Gasteiger partial charge on any atom is 0.135 e. The van der Waals surface area contributed by atoms with Gasteiger partial charge in [-0.25, -0.2) is 9.67 Å². The fraction of sp³-hybridized carbons (Fsp3) is 0.227. The van der Waals surface area contributed by atoms with E-state index in [1.54, 1.807) is 18.5 Å². The van der Waals surface area contributed by atoms with Crippen LogP contribution in [-0.2, 0) is 6.54 Å². The van der Waals surface area contributed by atoms with Crippen molar-refractivity contribution in [2.24, 2.45) is 4.99 Å². The van der Waals surface area contributed by atoms with E-state index in [4.69, 9.17) is 10.1 Å². The van der Waals surface area contributed by atoms with Gasteiger partial charge in [0.15, 0.2) is 0 Å². The highest BCUT2D eigenvalue weighted by Crippen LogP contribution is 2.33. The molecule has 1 unspecified atom stereocenters. The molecule has 1 atom stereocenters. The first-order chi connectivity index (χ1) is 14.5. The molecule has 4 rings (SSSR count). The second-order valence-corrected chi connectivity index (χ2v) is 9.12. The van der Waals surface area contributed by atoms with Crippen LogP contribution in [0.2, 0.25) is 0 Å². The van der Waals surface area contributed by atoms with Gasteiger partial charge in [0.05, 0.1) is 29.8 Å². The van der Waals surface area contributed by atoms with Crippen LogP contribution in [0, 0.1) is 0 Å². The molecule has 2 aliphatic rings. The largest absolute Gasteiger partial charge is 0.356 e. The molecule has 0 spiro atoms. The molecular weight excluding hydrogens is 506 g/mol. The number of anilines is 1. The average Bonchev–Trinajstić information content (AvgIpc) is 3.46. The molecule has 30 heavy (non-hydrogen) atoms. The first-order valence-corrected chi connectivity index (χ1v) is 11.4. The molecule has 0 saturated carbocycles. The Kier molecular flexibility index (Phi) is 6.20. The Balaban J connectivity index is 1.50. The second-order valence-electron chi connectivity index (χ2n) is 7.25. The van der Waals surface area contributed by atoms with Crippen LogP contribution < -0.4 is 10.2 Å². The third-order valence-corrected chi connectivity index (χ3v) is 6.39. The second kappa shape index (κ2) is 8.86. The molecule has 1 saturated heterocycles. The van der Waals surface area contributed by atoms with Gasteiger partial charge in [0.1, 0.15) is 5.82 Å². The molecule has 0 bridgehead atoms. The van der Waals surface area contributed by atoms with Gasteiger partial charge in [-0.15, -0.1) is 9.24 Å². The van der Waals surface area contributed by atoms with E-state index in [0.717, 1.165) is 56.1 Å². The van der Waals surface area contributed by atoms with Gasteiger partial charge in [-0.3, -0.25) is 4.99 Å². The van der Waals surface area contributed by atoms with Gasteiger partial charge < -0.3 is 9.80 Å². The molecule has 0 radical (unpaired) electrons. The topological polar surface area (TPSA) is 49.6 Å². The molecule has 0 aliphatic carbocycles. The average molecular weight is 530 g/mol. The summed E-state index contributed by atoms with van der Waals surface area (Å²) < 4.78 is 2.85. The lowest BCUT2D eigenvalue weighted by Crippen LogP contribution is -2.24. The molecule has 0 N–H and O–H groups in total. The van der Waals surface area contributed by atoms with Crippen LogP contribution in [0.25, 0.3) is 11.4 Å². The van der Waals surface area contributed by atoms with Crippen molar-refractivity contribution < 1.29 is 0 Å². The number of rotatable bonds is 6. The van der Waals surface area contributed by atoms with Crippen LogP contribution in [0.4, 0.5) is 5.82 Å². The summed E-state index contributed by atoms with van der Waals surface area (Å²) in [6.07, 6.45) is 11.6. The quantitative estimate of drug-likeness (QED) is 0.243. The zero-order valence-electron chi connectivity index (χ0n) is 16.8. The van der Waals surface area contributed by atoms with Crippen LogP contribution in [0.5, 0.6) is 0 Å². The smallest absolute Gasteiger partial charge is 0.135 e. The first-order valence-electron chi connectivity index (χ1n) is 9.74. The van der Waals surface area contributed by atoms with Gasteiger partial charge in [0.25, 0.3) is 0 Å². The van der Waals surface area contributed by atoms with Gasteiger partial charge in [-0.1, -0.05) is 25.8 Å². The molecule has 4 heterocycles. The minimum Gasteiger partial charge on any atom is -0.356 e. The van der Waals surface area contributed by atoms with E-state index in [1.807, 2.05) is 22.0 Å². The maximum atomic E-state index is 4.77. The van der Waals surface area contributed by atoms with E-state index in [-0.39, 0.29) is 0 Å². The molecule has 154 valence electrons. The molecule has 0 amide bonds. The summed E-state index contributed by atoms with van der Waals surface area (Å²) in [5.74, 6) is 1.05. The maximum absolute atomic E-state index is 4.77. The van der Waals surface area contributed by atoms with Gasteiger partial charge >= 0.3 is 0 Å². The van der Waals surface area contributed by atoms with Crippen LogP contribution in [-0.4, -0.2) is 39.0 Å². The number of aromatic nitrogens is 3. The minimum absolute atomic E-state index is 0.626. The van der Waals surface area contributed by atoms with Gasteiger partial charge in [0, 0.05) is 51.8 Å². The Morgan fingerprint density at radius 3 is 2.73 bits per heavy atom. The molecule has 6 nitrogen and oxygen atoms in total. The Morgan fingerprint density at radius 2 is 2.07 bits per heavy atom. The normalized spacial score (nSPS) is 16.6. The first kappa shape index (κ1) is 21.0. The zero-order chi connectivity index (χ0) is 21.3. The number of hydrogen-bond acceptors (Lipinski definition) is 5. The van der Waals surface area contributed by atoms with E-state index in [0.29, 0.717) is 6.54 Å². The van der Waals surface area contributed by atoms with Crippen molar-refractivity contribution in [3.05, 3.63) is 71.0 Å². The van der Waals surface area contributed by atoms with E-state index in [1.165, 1.54) is 12.8 Å². The lowest BCUT2D eigenvalue weighted by atomic mass is 10.2. The Morgan fingerprint density at radius 1 is 1.30 bits per heavy atom. The van der Waals surface area contributed by atoms with Crippen molar-refractivity contribution in [3.8, 4) is 5.69 Å². The molecular formula is C22H24IN6P. The molecule has 2 aromatic heterocycles. The van der Waals surface area contributed by atoms with E-state index in [2.05, 4.69) is 67.5 Å². The molecule has 1 fully saturated rings. The highest BCUT2D eigenvalue weighted by molar-refractivity contribution is 14.1. The summed E-state index contributed by atoms with van der Waals surface area (Å²) in [4.78, 5) is 13.4. The molecule has 0 aromatic carbocycles. The predicted octanol–water partition coefficient (Wildman–Crippen LogP) is 4.20. The minimum atomic E-state index is 0.626. The predicted molar refractivity (Wildman–Crippen MR) is 137 cm³/mol. The summed E-state index contributed by atoms with van der Waals surface area (Å²) in [5.41, 5.74) is 4.59. The lowest BCUT2D eigenvalue weighted by molar-refractivity contribution is 0.524. The van der Waals surface area contributed by atoms with E-state index < -0.39 is 0 Å². The number of aliphatic imine (C=N–C) groups is 1. The van der Waals surface area contributed by atoms with E-state index >= 15 is 0 Å². The monoisotopic (exact) mass is 530 g/mol. The zero-order valence-corrected chi connectivity index (χ0v) is 20.1. The van der Waals surface area contributed by atoms with Gasteiger partial charge in [0.2, 0.25) is 0 Å². The number of nitrogens with zero attached hydrogens (tertiary/aromatic N) is 6. The SMILES string of the molecule is C=C/C(I)=C\N=CC(=C)N1Cc2nn(-c3cnc(N4CCCC4)c(P)c3)cc2C1=C. The number of hydrogen-bond donors (Lipinski definition) is 0. The number of fused-ring (bicyclic) bond motifs is 1. The summed E-state index contributed by atoms with van der Waals surface area (Å²) >= 11 is 2.17. The Hall–Kier alpha value is -2.25. The van der Waals surface area contributed by atoms with Gasteiger partial charge in [-0.2, -0.15) is 5.10 Å². The van der Waals surface area contributed by atoms with Crippen molar-refractivity contribution in [1.82, 2.24) is 19.7 Å². The van der Waals surface area contributed by atoms with Crippen molar-refractivity contribution in [2.75, 3.05) is 18.0 Å². The Bertz CT molecular complexity index is 1080. The van der Waals surface area contributed by atoms with Crippen molar-refractivity contribution >= 4 is 54.9 Å². The summed E-state index contributed by atoms with van der Waals surface area (Å²) in [5, 5.41) is 5.87. The molecule has 2 aromatic rings. The fourth-order valence-electron chi connectivity index (χ4n) is 3.66. The Labute approximate surface area is 193 Å². The molecule has 2 aliphatic heterocycles. The fourth-order valence-corrected chi connectivity index (χ4v) is 4.25. The van der Waals surface area contributed by atoms with Crippen LogP contribution in [0.3, 0.4) is 0 Å². The van der Waals surface area contributed by atoms with Crippen molar-refractivity contribution in [1.29, 1.82) is 0 Å². The summed E-state index contributed by atoms with van der Waals surface area (Å²) in [7, 11) is 2.81. The third kappa shape index (κ3) is 4.14. The summed E-state index contributed by atoms with van der Waals surface area (Å²) in [6.45, 7) is 14.9. The highest BCUT2D eigenvalue weighted by atomic mass is 127. The third-order valence-electron chi connectivity index (χ3n) is 5.25. The highest BCUT2D eigenvalue weighted by Gasteiger charge is 2.27. The standard InChI is InChI=1S/C22H24IN6P/c1-4-17(23)11-24-10-15(2)28-14-20-19(16(28)3)13-29(26-20)18-9-21(30)22(25-12-18)27-7-5-6-8-27/h4,9-13H,1-3,5-8,14,30H2/b17-11+,24-10?. The van der Waals surface area contributed by atoms with E-state index in [9.17, 15) is 0 Å². The number of allylic oxidation sites excluding steroid dienone is 3. The van der Waals surface area contributed by atoms with Crippen LogP contribution >= 0.6 is 31.8 Å². The van der Waals surface area contributed by atoms with Crippen LogP contribution in [0.1, 0.15) is 24.1 Å². The number of halogens is 1. The van der Waals surface area contributed by atoms with Crippen molar-refractivity contribution in [3.63, 3.8) is 0 Å². The van der Waals surface area contributed by atoms with Gasteiger partial charge in [-0.05, 0) is 41.5 Å². The lowest BCUT2D eigenvalue weighted by Gasteiger charge is -2.20. The number of pyridine rings is 1. The molecule has 8 heteroatoms. The van der Waals surface area contributed by atoms with Crippen molar-refractivity contribution in [2.45, 2.75) is 19.4 Å². The van der Waals surface area contributed by atoms with Crippen LogP contribution in [0.15, 0.2) is 64.7 Å².